The molecule has 0 atom stereocenters. The van der Waals surface area contributed by atoms with Gasteiger partial charge in [-0.1, -0.05) is 41.9 Å². The van der Waals surface area contributed by atoms with Gasteiger partial charge in [0.15, 0.2) is 0 Å². The van der Waals surface area contributed by atoms with Crippen molar-refractivity contribution in [3.05, 3.63) is 59.4 Å². The van der Waals surface area contributed by atoms with Gasteiger partial charge < -0.3 is 14.5 Å². The number of hydrogen-bond donors (Lipinski definition) is 0. The molecule has 2 heterocycles. The number of carbonyl (C=O) groups is 1. The molecule has 1 aromatic carbocycles. The summed E-state index contributed by atoms with van der Waals surface area (Å²) in [6, 6.07) is 13.5. The standard InChI is InChI=1S/C17H18ClN3O2/c18-16-12-15(6-7-19-16)20-8-10-21(11-9-20)17(22)23-13-14-4-2-1-3-5-14/h1-7,12H,8-11,13H2. The lowest BCUT2D eigenvalue weighted by atomic mass is 10.2. The number of aromatic nitrogens is 1. The minimum atomic E-state index is -0.263. The first kappa shape index (κ1) is 15.6. The van der Waals surface area contributed by atoms with E-state index >= 15 is 0 Å². The maximum atomic E-state index is 12.1. The maximum Gasteiger partial charge on any atom is 0.410 e. The average Bonchev–Trinajstić information content (AvgIpc) is 2.61. The quantitative estimate of drug-likeness (QED) is 0.810. The molecule has 2 aromatic rings. The zero-order valence-corrected chi connectivity index (χ0v) is 13.4. The molecule has 0 N–H and O–H groups in total. The van der Waals surface area contributed by atoms with Crippen LogP contribution in [0.1, 0.15) is 5.56 Å². The molecule has 0 bridgehead atoms. The molecule has 6 heteroatoms. The number of hydrogen-bond acceptors (Lipinski definition) is 4. The lowest BCUT2D eigenvalue weighted by Gasteiger charge is -2.35. The molecule has 3 rings (SSSR count). The van der Waals surface area contributed by atoms with Crippen molar-refractivity contribution in [3.8, 4) is 0 Å². The van der Waals surface area contributed by atoms with Crippen LogP contribution in [0.2, 0.25) is 5.15 Å². The molecule has 1 aliphatic heterocycles. The van der Waals surface area contributed by atoms with Gasteiger partial charge in [-0.25, -0.2) is 9.78 Å². The first-order valence-corrected chi connectivity index (χ1v) is 7.92. The van der Waals surface area contributed by atoms with E-state index in [1.807, 2.05) is 42.5 Å². The van der Waals surface area contributed by atoms with Gasteiger partial charge in [0, 0.05) is 38.1 Å². The summed E-state index contributed by atoms with van der Waals surface area (Å²) in [7, 11) is 0. The molecule has 0 saturated carbocycles. The van der Waals surface area contributed by atoms with Crippen LogP contribution in [-0.2, 0) is 11.3 Å². The van der Waals surface area contributed by atoms with Gasteiger partial charge in [0.2, 0.25) is 0 Å². The summed E-state index contributed by atoms with van der Waals surface area (Å²) >= 11 is 5.92. The molecule has 1 amide bonds. The number of benzene rings is 1. The van der Waals surface area contributed by atoms with Crippen molar-refractivity contribution in [1.29, 1.82) is 0 Å². The Balaban J connectivity index is 1.49. The van der Waals surface area contributed by atoms with Gasteiger partial charge in [0.1, 0.15) is 11.8 Å². The molecule has 1 aromatic heterocycles. The SMILES string of the molecule is O=C(OCc1ccccc1)N1CCN(c2ccnc(Cl)c2)CC1. The minimum absolute atomic E-state index is 0.263. The Morgan fingerprint density at radius 2 is 1.87 bits per heavy atom. The molecule has 1 fully saturated rings. The van der Waals surface area contributed by atoms with Crippen LogP contribution in [0.15, 0.2) is 48.7 Å². The zero-order valence-electron chi connectivity index (χ0n) is 12.7. The number of amides is 1. The summed E-state index contributed by atoms with van der Waals surface area (Å²) in [5.41, 5.74) is 2.02. The van der Waals surface area contributed by atoms with Gasteiger partial charge in [0.25, 0.3) is 0 Å². The molecule has 0 aliphatic carbocycles. The number of ether oxygens (including phenoxy) is 1. The van der Waals surface area contributed by atoms with Gasteiger partial charge in [-0.05, 0) is 17.7 Å². The summed E-state index contributed by atoms with van der Waals surface area (Å²) in [5, 5.41) is 0.479. The Bertz CT molecular complexity index is 658. The summed E-state index contributed by atoms with van der Waals surface area (Å²) in [5.74, 6) is 0. The topological polar surface area (TPSA) is 45.7 Å². The molecular formula is C17H18ClN3O2. The van der Waals surface area contributed by atoms with Crippen LogP contribution in [0.3, 0.4) is 0 Å². The Kier molecular flexibility index (Phi) is 4.98. The van der Waals surface area contributed by atoms with E-state index in [0.717, 1.165) is 24.3 Å². The molecule has 5 nitrogen and oxygen atoms in total. The number of carbonyl (C=O) groups excluding carboxylic acids is 1. The largest absolute Gasteiger partial charge is 0.445 e. The van der Waals surface area contributed by atoms with Crippen LogP contribution < -0.4 is 4.90 Å². The Labute approximate surface area is 140 Å². The highest BCUT2D eigenvalue weighted by molar-refractivity contribution is 6.29. The second kappa shape index (κ2) is 7.33. The fourth-order valence-electron chi connectivity index (χ4n) is 2.55. The van der Waals surface area contributed by atoms with Gasteiger partial charge >= 0.3 is 6.09 Å². The van der Waals surface area contributed by atoms with E-state index in [1.54, 1.807) is 11.1 Å². The fraction of sp³-hybridized carbons (Fsp3) is 0.294. The monoisotopic (exact) mass is 331 g/mol. The van der Waals surface area contributed by atoms with E-state index in [2.05, 4.69) is 9.88 Å². The Hall–Kier alpha value is -2.27. The van der Waals surface area contributed by atoms with Gasteiger partial charge in [-0.15, -0.1) is 0 Å². The van der Waals surface area contributed by atoms with E-state index < -0.39 is 0 Å². The second-order valence-corrected chi connectivity index (χ2v) is 5.74. The number of halogens is 1. The van der Waals surface area contributed by atoms with E-state index in [9.17, 15) is 4.79 Å². The smallest absolute Gasteiger partial charge is 0.410 e. The lowest BCUT2D eigenvalue weighted by molar-refractivity contribution is 0.0942. The van der Waals surface area contributed by atoms with Crippen LogP contribution in [0, 0.1) is 0 Å². The van der Waals surface area contributed by atoms with Gasteiger partial charge in [0.05, 0.1) is 0 Å². The Morgan fingerprint density at radius 1 is 1.13 bits per heavy atom. The van der Waals surface area contributed by atoms with Crippen molar-refractivity contribution in [2.45, 2.75) is 6.61 Å². The number of pyridine rings is 1. The highest BCUT2D eigenvalue weighted by Crippen LogP contribution is 2.19. The lowest BCUT2D eigenvalue weighted by Crippen LogP contribution is -2.48. The third-order valence-electron chi connectivity index (χ3n) is 3.82. The normalized spacial score (nSPS) is 14.7. The van der Waals surface area contributed by atoms with Crippen molar-refractivity contribution in [2.75, 3.05) is 31.1 Å². The van der Waals surface area contributed by atoms with Crippen LogP contribution in [0.4, 0.5) is 10.5 Å². The second-order valence-electron chi connectivity index (χ2n) is 5.35. The van der Waals surface area contributed by atoms with Crippen molar-refractivity contribution in [2.24, 2.45) is 0 Å². The van der Waals surface area contributed by atoms with E-state index in [4.69, 9.17) is 16.3 Å². The number of nitrogens with zero attached hydrogens (tertiary/aromatic N) is 3. The first-order valence-electron chi connectivity index (χ1n) is 7.54. The van der Waals surface area contributed by atoms with Crippen LogP contribution >= 0.6 is 11.6 Å². The van der Waals surface area contributed by atoms with Crippen molar-refractivity contribution < 1.29 is 9.53 Å². The number of rotatable bonds is 3. The van der Waals surface area contributed by atoms with Gasteiger partial charge in [-0.2, -0.15) is 0 Å². The predicted molar refractivity (Wildman–Crippen MR) is 89.7 cm³/mol. The highest BCUT2D eigenvalue weighted by atomic mass is 35.5. The average molecular weight is 332 g/mol. The molecule has 0 spiro atoms. The molecule has 23 heavy (non-hydrogen) atoms. The van der Waals surface area contributed by atoms with Crippen molar-refractivity contribution in [3.63, 3.8) is 0 Å². The molecular weight excluding hydrogens is 314 g/mol. The summed E-state index contributed by atoms with van der Waals surface area (Å²) in [4.78, 5) is 20.0. The number of anilines is 1. The third-order valence-corrected chi connectivity index (χ3v) is 4.03. The molecule has 1 saturated heterocycles. The number of piperazine rings is 1. The molecule has 1 aliphatic rings. The van der Waals surface area contributed by atoms with Crippen LogP contribution in [-0.4, -0.2) is 42.2 Å². The third kappa shape index (κ3) is 4.13. The predicted octanol–water partition coefficient (Wildman–Crippen LogP) is 3.19. The molecule has 0 radical (unpaired) electrons. The van der Waals surface area contributed by atoms with Gasteiger partial charge in [-0.3, -0.25) is 0 Å². The molecule has 0 unspecified atom stereocenters. The van der Waals surface area contributed by atoms with E-state index in [0.29, 0.717) is 24.8 Å². The summed E-state index contributed by atoms with van der Waals surface area (Å²) < 4.78 is 5.36. The van der Waals surface area contributed by atoms with E-state index in [1.165, 1.54) is 0 Å². The molecule has 120 valence electrons. The summed E-state index contributed by atoms with van der Waals surface area (Å²) in [6.07, 6.45) is 1.43. The van der Waals surface area contributed by atoms with Crippen LogP contribution in [0.5, 0.6) is 0 Å². The highest BCUT2D eigenvalue weighted by Gasteiger charge is 2.22. The van der Waals surface area contributed by atoms with Crippen molar-refractivity contribution in [1.82, 2.24) is 9.88 Å². The summed E-state index contributed by atoms with van der Waals surface area (Å²) in [6.45, 7) is 3.07. The van der Waals surface area contributed by atoms with E-state index in [-0.39, 0.29) is 6.09 Å². The zero-order chi connectivity index (χ0) is 16.1. The first-order chi connectivity index (χ1) is 11.2. The Morgan fingerprint density at radius 3 is 2.57 bits per heavy atom. The maximum absolute atomic E-state index is 12.1. The van der Waals surface area contributed by atoms with Crippen molar-refractivity contribution >= 4 is 23.4 Å². The minimum Gasteiger partial charge on any atom is -0.445 e. The fourth-order valence-corrected chi connectivity index (χ4v) is 2.71. The van der Waals surface area contributed by atoms with Crippen LogP contribution in [0.25, 0.3) is 0 Å².